The summed E-state index contributed by atoms with van der Waals surface area (Å²) in [5.41, 5.74) is 1.65. The summed E-state index contributed by atoms with van der Waals surface area (Å²) in [6, 6.07) is 11.7. The van der Waals surface area contributed by atoms with Crippen molar-refractivity contribution in [3.05, 3.63) is 35.9 Å². The summed E-state index contributed by atoms with van der Waals surface area (Å²) >= 11 is 0. The molecule has 0 spiro atoms. The molecule has 0 saturated carbocycles. The first-order chi connectivity index (χ1) is 9.52. The molecule has 0 bridgehead atoms. The number of hydrogen-bond acceptors (Lipinski definition) is 2. The first-order valence-corrected chi connectivity index (χ1v) is 7.48. The minimum atomic E-state index is 0.274. The van der Waals surface area contributed by atoms with Gasteiger partial charge >= 0.3 is 0 Å². The maximum Gasteiger partial charge on any atom is 0.0473 e. The molecule has 0 aromatic heterocycles. The van der Waals surface area contributed by atoms with E-state index >= 15 is 0 Å². The Labute approximate surface area is 123 Å². The molecule has 0 aliphatic carbocycles. The third-order valence-corrected chi connectivity index (χ3v) is 4.19. The lowest BCUT2D eigenvalue weighted by molar-refractivity contribution is 0.0874. The Morgan fingerprint density at radius 1 is 1.30 bits per heavy atom. The summed E-state index contributed by atoms with van der Waals surface area (Å²) in [6.45, 7) is 9.93. The van der Waals surface area contributed by atoms with Crippen molar-refractivity contribution in [2.24, 2.45) is 5.41 Å². The van der Waals surface area contributed by atoms with Crippen molar-refractivity contribution in [2.75, 3.05) is 19.6 Å². The van der Waals surface area contributed by atoms with Crippen molar-refractivity contribution in [1.82, 2.24) is 10.2 Å². The first kappa shape index (κ1) is 15.1. The number of terminal acetylenes is 1. The molecule has 108 valence electrons. The highest BCUT2D eigenvalue weighted by molar-refractivity contribution is 5.20. The number of nitrogens with zero attached hydrogens (tertiary/aromatic N) is 1. The van der Waals surface area contributed by atoms with Gasteiger partial charge in [-0.1, -0.05) is 51.1 Å². The Bertz CT molecular complexity index is 453. The standard InChI is InChI=1S/C18H26N2/c1-5-6-12-20-14-17(18(2,3)4)19-13-16(20)15-10-8-7-9-11-15/h1,7-11,16-17,19H,6,12-14H2,2-4H3. The minimum absolute atomic E-state index is 0.274. The van der Waals surface area contributed by atoms with Gasteiger partial charge in [-0.25, -0.2) is 0 Å². The van der Waals surface area contributed by atoms with E-state index in [4.69, 9.17) is 6.42 Å². The molecule has 2 rings (SSSR count). The van der Waals surface area contributed by atoms with Crippen molar-refractivity contribution in [3.63, 3.8) is 0 Å². The van der Waals surface area contributed by atoms with Crippen LogP contribution in [0.1, 0.15) is 38.8 Å². The van der Waals surface area contributed by atoms with Gasteiger partial charge in [0.15, 0.2) is 0 Å². The van der Waals surface area contributed by atoms with Crippen LogP contribution >= 0.6 is 0 Å². The van der Waals surface area contributed by atoms with E-state index in [9.17, 15) is 0 Å². The van der Waals surface area contributed by atoms with E-state index in [2.05, 4.69) is 67.2 Å². The lowest BCUT2D eigenvalue weighted by atomic mass is 9.84. The summed E-state index contributed by atoms with van der Waals surface area (Å²) in [5.74, 6) is 2.78. The van der Waals surface area contributed by atoms with E-state index in [1.54, 1.807) is 0 Å². The zero-order chi connectivity index (χ0) is 14.6. The zero-order valence-corrected chi connectivity index (χ0v) is 12.9. The monoisotopic (exact) mass is 270 g/mol. The molecule has 0 radical (unpaired) electrons. The van der Waals surface area contributed by atoms with Gasteiger partial charge in [-0.2, -0.15) is 0 Å². The molecule has 1 N–H and O–H groups in total. The number of hydrogen-bond donors (Lipinski definition) is 1. The molecule has 1 aliphatic rings. The van der Waals surface area contributed by atoms with Crippen molar-refractivity contribution < 1.29 is 0 Å². The van der Waals surface area contributed by atoms with Crippen molar-refractivity contribution in [1.29, 1.82) is 0 Å². The van der Waals surface area contributed by atoms with E-state index in [-0.39, 0.29) is 5.41 Å². The molecule has 2 atom stereocenters. The van der Waals surface area contributed by atoms with E-state index in [0.29, 0.717) is 12.1 Å². The Hall–Kier alpha value is -1.30. The molecule has 0 amide bonds. The molecule has 2 heteroatoms. The van der Waals surface area contributed by atoms with Crippen LogP contribution in [0.5, 0.6) is 0 Å². The molecular weight excluding hydrogens is 244 g/mol. The van der Waals surface area contributed by atoms with Crippen LogP contribution in [0.3, 0.4) is 0 Å². The van der Waals surface area contributed by atoms with Gasteiger partial charge in [0.1, 0.15) is 0 Å². The highest BCUT2D eigenvalue weighted by atomic mass is 15.2. The Balaban J connectivity index is 2.14. The van der Waals surface area contributed by atoms with Crippen molar-refractivity contribution >= 4 is 0 Å². The summed E-state index contributed by atoms with van der Waals surface area (Å²) < 4.78 is 0. The maximum absolute atomic E-state index is 5.46. The second kappa shape index (κ2) is 6.43. The largest absolute Gasteiger partial charge is 0.310 e. The third kappa shape index (κ3) is 3.62. The SMILES string of the molecule is C#CCCN1CC(C(C)(C)C)NCC1c1ccccc1. The fraction of sp³-hybridized carbons (Fsp3) is 0.556. The number of piperazine rings is 1. The van der Waals surface area contributed by atoms with Crippen LogP contribution in [-0.4, -0.2) is 30.6 Å². The van der Waals surface area contributed by atoms with Crippen molar-refractivity contribution in [3.8, 4) is 12.3 Å². The van der Waals surface area contributed by atoms with E-state index in [1.807, 2.05) is 0 Å². The Morgan fingerprint density at radius 2 is 2.00 bits per heavy atom. The summed E-state index contributed by atoms with van der Waals surface area (Å²) in [4.78, 5) is 2.54. The van der Waals surface area contributed by atoms with Gasteiger partial charge in [0.05, 0.1) is 0 Å². The maximum atomic E-state index is 5.46. The highest BCUT2D eigenvalue weighted by Gasteiger charge is 2.34. The zero-order valence-electron chi connectivity index (χ0n) is 12.9. The molecule has 1 aromatic rings. The van der Waals surface area contributed by atoms with Gasteiger partial charge in [0.2, 0.25) is 0 Å². The smallest absolute Gasteiger partial charge is 0.0473 e. The lowest BCUT2D eigenvalue weighted by Gasteiger charge is -2.45. The van der Waals surface area contributed by atoms with Crippen LogP contribution in [0.4, 0.5) is 0 Å². The van der Waals surface area contributed by atoms with Gasteiger partial charge in [0, 0.05) is 38.1 Å². The van der Waals surface area contributed by atoms with Crippen LogP contribution in [-0.2, 0) is 0 Å². The number of benzene rings is 1. The number of nitrogens with one attached hydrogen (secondary N) is 1. The van der Waals surface area contributed by atoms with Crippen LogP contribution in [0.2, 0.25) is 0 Å². The average Bonchev–Trinajstić information content (AvgIpc) is 2.45. The van der Waals surface area contributed by atoms with Gasteiger partial charge in [0.25, 0.3) is 0 Å². The quantitative estimate of drug-likeness (QED) is 0.849. The Morgan fingerprint density at radius 3 is 2.60 bits per heavy atom. The second-order valence-corrected chi connectivity index (χ2v) is 6.70. The minimum Gasteiger partial charge on any atom is -0.310 e. The summed E-state index contributed by atoms with van der Waals surface area (Å²) in [5, 5.41) is 3.72. The molecule has 1 aliphatic heterocycles. The third-order valence-electron chi connectivity index (χ3n) is 4.19. The van der Waals surface area contributed by atoms with Gasteiger partial charge in [-0.15, -0.1) is 12.3 Å². The van der Waals surface area contributed by atoms with Crippen LogP contribution in [0.25, 0.3) is 0 Å². The predicted molar refractivity (Wildman–Crippen MR) is 85.5 cm³/mol. The molecule has 1 saturated heterocycles. The average molecular weight is 270 g/mol. The lowest BCUT2D eigenvalue weighted by Crippen LogP contribution is -2.57. The fourth-order valence-corrected chi connectivity index (χ4v) is 2.85. The second-order valence-electron chi connectivity index (χ2n) is 6.70. The molecule has 1 aromatic carbocycles. The molecule has 1 fully saturated rings. The molecule has 2 unspecified atom stereocenters. The molecule has 2 nitrogen and oxygen atoms in total. The first-order valence-electron chi connectivity index (χ1n) is 7.48. The topological polar surface area (TPSA) is 15.3 Å². The highest BCUT2D eigenvalue weighted by Crippen LogP contribution is 2.29. The molecular formula is C18H26N2. The summed E-state index contributed by atoms with van der Waals surface area (Å²) in [7, 11) is 0. The van der Waals surface area contributed by atoms with Crippen molar-refractivity contribution in [2.45, 2.75) is 39.3 Å². The van der Waals surface area contributed by atoms with Crippen LogP contribution in [0, 0.1) is 17.8 Å². The Kier molecular flexibility index (Phi) is 4.86. The predicted octanol–water partition coefficient (Wildman–Crippen LogP) is 3.07. The van der Waals surface area contributed by atoms with Gasteiger partial charge in [-0.05, 0) is 11.0 Å². The fourth-order valence-electron chi connectivity index (χ4n) is 2.85. The van der Waals surface area contributed by atoms with E-state index in [1.165, 1.54) is 5.56 Å². The van der Waals surface area contributed by atoms with Crippen LogP contribution in [0.15, 0.2) is 30.3 Å². The normalized spacial score (nSPS) is 24.3. The molecule has 20 heavy (non-hydrogen) atoms. The van der Waals surface area contributed by atoms with Gasteiger partial charge in [-0.3, -0.25) is 4.90 Å². The van der Waals surface area contributed by atoms with E-state index in [0.717, 1.165) is 26.1 Å². The van der Waals surface area contributed by atoms with E-state index < -0.39 is 0 Å². The molecule has 1 heterocycles. The van der Waals surface area contributed by atoms with Crippen LogP contribution < -0.4 is 5.32 Å². The number of rotatable bonds is 3. The summed E-state index contributed by atoms with van der Waals surface area (Å²) in [6.07, 6.45) is 6.28. The van der Waals surface area contributed by atoms with Gasteiger partial charge < -0.3 is 5.32 Å².